The summed E-state index contributed by atoms with van der Waals surface area (Å²) in [6.07, 6.45) is 5.66. The summed E-state index contributed by atoms with van der Waals surface area (Å²) in [5, 5.41) is 20.9. The van der Waals surface area contributed by atoms with Gasteiger partial charge >= 0.3 is 0 Å². The van der Waals surface area contributed by atoms with Gasteiger partial charge in [-0.25, -0.2) is 0 Å². The van der Waals surface area contributed by atoms with Crippen molar-refractivity contribution in [1.82, 2.24) is 5.32 Å². The van der Waals surface area contributed by atoms with Crippen LogP contribution in [0.2, 0.25) is 0 Å². The molecule has 14 heavy (non-hydrogen) atoms. The summed E-state index contributed by atoms with van der Waals surface area (Å²) in [6.45, 7) is 4.66. The SMILES string of the molecule is CCCCCCC(C)NCC(O)CO. The van der Waals surface area contributed by atoms with E-state index < -0.39 is 6.10 Å². The third kappa shape index (κ3) is 8.48. The molecule has 0 bridgehead atoms. The lowest BCUT2D eigenvalue weighted by Crippen LogP contribution is -2.35. The van der Waals surface area contributed by atoms with Crippen LogP contribution in [0.25, 0.3) is 0 Å². The Balaban J connectivity index is 3.23. The van der Waals surface area contributed by atoms with E-state index in [-0.39, 0.29) is 6.61 Å². The van der Waals surface area contributed by atoms with E-state index in [1.807, 2.05) is 0 Å². The van der Waals surface area contributed by atoms with E-state index in [1.54, 1.807) is 0 Å². The van der Waals surface area contributed by atoms with E-state index in [9.17, 15) is 0 Å². The van der Waals surface area contributed by atoms with Gasteiger partial charge in [-0.2, -0.15) is 0 Å². The van der Waals surface area contributed by atoms with Crippen LogP contribution in [0.15, 0.2) is 0 Å². The molecular formula is C11H25NO2. The molecule has 3 nitrogen and oxygen atoms in total. The molecule has 0 spiro atoms. The van der Waals surface area contributed by atoms with E-state index in [4.69, 9.17) is 10.2 Å². The van der Waals surface area contributed by atoms with Crippen LogP contribution in [0.1, 0.15) is 46.0 Å². The number of aliphatic hydroxyl groups excluding tert-OH is 2. The van der Waals surface area contributed by atoms with E-state index in [2.05, 4.69) is 19.2 Å². The topological polar surface area (TPSA) is 52.5 Å². The second-order valence-corrected chi connectivity index (χ2v) is 4.00. The molecule has 0 amide bonds. The fraction of sp³-hybridized carbons (Fsp3) is 1.00. The summed E-state index contributed by atoms with van der Waals surface area (Å²) in [7, 11) is 0. The van der Waals surface area contributed by atoms with Gasteiger partial charge in [0.05, 0.1) is 12.7 Å². The maximum Gasteiger partial charge on any atom is 0.0895 e. The van der Waals surface area contributed by atoms with Gasteiger partial charge in [0.25, 0.3) is 0 Å². The Bertz CT molecular complexity index is 120. The van der Waals surface area contributed by atoms with Crippen molar-refractivity contribution in [3.05, 3.63) is 0 Å². The first-order valence-electron chi connectivity index (χ1n) is 5.73. The van der Waals surface area contributed by atoms with Crippen molar-refractivity contribution in [2.75, 3.05) is 13.2 Å². The highest BCUT2D eigenvalue weighted by Gasteiger charge is 2.04. The maximum atomic E-state index is 9.10. The lowest BCUT2D eigenvalue weighted by molar-refractivity contribution is 0.0920. The highest BCUT2D eigenvalue weighted by Crippen LogP contribution is 2.04. The lowest BCUT2D eigenvalue weighted by Gasteiger charge is -2.15. The Morgan fingerprint density at radius 1 is 1.21 bits per heavy atom. The van der Waals surface area contributed by atoms with Gasteiger partial charge in [0.1, 0.15) is 0 Å². The number of rotatable bonds is 9. The summed E-state index contributed by atoms with van der Waals surface area (Å²) in [4.78, 5) is 0. The van der Waals surface area contributed by atoms with Crippen LogP contribution in [-0.2, 0) is 0 Å². The first-order valence-corrected chi connectivity index (χ1v) is 5.73. The van der Waals surface area contributed by atoms with E-state index in [1.165, 1.54) is 25.7 Å². The summed E-state index contributed by atoms with van der Waals surface area (Å²) in [5.41, 5.74) is 0. The largest absolute Gasteiger partial charge is 0.394 e. The monoisotopic (exact) mass is 203 g/mol. The van der Waals surface area contributed by atoms with Crippen molar-refractivity contribution >= 4 is 0 Å². The molecule has 0 aliphatic carbocycles. The molecule has 2 atom stereocenters. The number of hydrogen-bond acceptors (Lipinski definition) is 3. The molecule has 0 aliphatic heterocycles. The number of unbranched alkanes of at least 4 members (excludes halogenated alkanes) is 3. The molecule has 0 saturated heterocycles. The fourth-order valence-electron chi connectivity index (χ4n) is 1.38. The molecule has 0 radical (unpaired) electrons. The molecule has 0 aromatic rings. The molecule has 0 fully saturated rings. The molecule has 2 unspecified atom stereocenters. The first kappa shape index (κ1) is 13.9. The number of nitrogens with one attached hydrogen (secondary N) is 1. The Hall–Kier alpha value is -0.120. The molecular weight excluding hydrogens is 178 g/mol. The van der Waals surface area contributed by atoms with Crippen LogP contribution in [0.3, 0.4) is 0 Å². The van der Waals surface area contributed by atoms with Crippen molar-refractivity contribution in [2.45, 2.75) is 58.1 Å². The van der Waals surface area contributed by atoms with E-state index >= 15 is 0 Å². The van der Waals surface area contributed by atoms with Gasteiger partial charge in [0.15, 0.2) is 0 Å². The van der Waals surface area contributed by atoms with E-state index in [0.29, 0.717) is 12.6 Å². The molecule has 3 N–H and O–H groups in total. The minimum absolute atomic E-state index is 0.157. The molecule has 0 heterocycles. The predicted octanol–water partition coefficient (Wildman–Crippen LogP) is 1.29. The second-order valence-electron chi connectivity index (χ2n) is 4.00. The summed E-state index contributed by atoms with van der Waals surface area (Å²) in [5.74, 6) is 0. The quantitative estimate of drug-likeness (QED) is 0.495. The van der Waals surface area contributed by atoms with Crippen LogP contribution in [0.4, 0.5) is 0 Å². The smallest absolute Gasteiger partial charge is 0.0895 e. The normalized spacial score (nSPS) is 15.4. The van der Waals surface area contributed by atoms with Crippen molar-refractivity contribution in [3.8, 4) is 0 Å². The second kappa shape index (κ2) is 9.44. The van der Waals surface area contributed by atoms with Gasteiger partial charge in [-0.15, -0.1) is 0 Å². The fourth-order valence-corrected chi connectivity index (χ4v) is 1.38. The summed E-state index contributed by atoms with van der Waals surface area (Å²) in [6, 6.07) is 0.438. The minimum Gasteiger partial charge on any atom is -0.394 e. The molecule has 0 aromatic heterocycles. The molecule has 86 valence electrons. The highest BCUT2D eigenvalue weighted by atomic mass is 16.3. The van der Waals surface area contributed by atoms with Crippen LogP contribution in [-0.4, -0.2) is 35.5 Å². The van der Waals surface area contributed by atoms with Crippen LogP contribution >= 0.6 is 0 Å². The third-order valence-electron chi connectivity index (χ3n) is 2.40. The zero-order valence-corrected chi connectivity index (χ0v) is 9.50. The molecule has 3 heteroatoms. The zero-order valence-electron chi connectivity index (χ0n) is 9.50. The Labute approximate surface area is 87.5 Å². The van der Waals surface area contributed by atoms with Gasteiger partial charge in [0.2, 0.25) is 0 Å². The highest BCUT2D eigenvalue weighted by molar-refractivity contribution is 4.64. The molecule has 0 aromatic carbocycles. The summed E-state index contributed by atoms with van der Waals surface area (Å²) < 4.78 is 0. The van der Waals surface area contributed by atoms with Gasteiger partial charge in [-0.05, 0) is 13.3 Å². The van der Waals surface area contributed by atoms with Crippen molar-refractivity contribution in [3.63, 3.8) is 0 Å². The van der Waals surface area contributed by atoms with Crippen molar-refractivity contribution in [2.24, 2.45) is 0 Å². The van der Waals surface area contributed by atoms with Gasteiger partial charge < -0.3 is 15.5 Å². The van der Waals surface area contributed by atoms with Crippen LogP contribution in [0.5, 0.6) is 0 Å². The van der Waals surface area contributed by atoms with E-state index in [0.717, 1.165) is 6.42 Å². The predicted molar refractivity (Wildman–Crippen MR) is 59.3 cm³/mol. The van der Waals surface area contributed by atoms with Gasteiger partial charge in [-0.3, -0.25) is 0 Å². The van der Waals surface area contributed by atoms with Crippen molar-refractivity contribution in [1.29, 1.82) is 0 Å². The molecule has 0 aliphatic rings. The molecule has 0 rings (SSSR count). The van der Waals surface area contributed by atoms with Crippen LogP contribution < -0.4 is 5.32 Å². The third-order valence-corrected chi connectivity index (χ3v) is 2.40. The van der Waals surface area contributed by atoms with Gasteiger partial charge in [-0.1, -0.05) is 32.6 Å². The maximum absolute atomic E-state index is 9.10. The van der Waals surface area contributed by atoms with Gasteiger partial charge in [0, 0.05) is 12.6 Å². The standard InChI is InChI=1S/C11H25NO2/c1-3-4-5-6-7-10(2)12-8-11(14)9-13/h10-14H,3-9H2,1-2H3. The molecule has 0 saturated carbocycles. The Morgan fingerprint density at radius 3 is 2.50 bits per heavy atom. The Morgan fingerprint density at radius 2 is 1.93 bits per heavy atom. The first-order chi connectivity index (χ1) is 6.70. The minimum atomic E-state index is -0.618. The average molecular weight is 203 g/mol. The lowest BCUT2D eigenvalue weighted by atomic mass is 10.1. The number of aliphatic hydroxyl groups is 2. The Kier molecular flexibility index (Phi) is 9.35. The van der Waals surface area contributed by atoms with Crippen molar-refractivity contribution < 1.29 is 10.2 Å². The zero-order chi connectivity index (χ0) is 10.8. The number of hydrogen-bond donors (Lipinski definition) is 3. The average Bonchev–Trinajstić information content (AvgIpc) is 2.21. The summed E-state index contributed by atoms with van der Waals surface area (Å²) >= 11 is 0. The van der Waals surface area contributed by atoms with Crippen LogP contribution in [0, 0.1) is 0 Å².